The molecule has 0 radical (unpaired) electrons. The normalized spacial score (nSPS) is 10.4. The van der Waals surface area contributed by atoms with Gasteiger partial charge in [-0.05, 0) is 59.7 Å². The van der Waals surface area contributed by atoms with E-state index in [1.807, 2.05) is 12.1 Å². The molecule has 0 aliphatic carbocycles. The first kappa shape index (κ1) is 17.5. The zero-order valence-electron chi connectivity index (χ0n) is 13.8. The molecule has 0 saturated carbocycles. The number of hydrogen-bond donors (Lipinski definition) is 1. The van der Waals surface area contributed by atoms with E-state index in [1.54, 1.807) is 36.7 Å². The Hall–Kier alpha value is -3.28. The molecule has 2 aromatic carbocycles. The van der Waals surface area contributed by atoms with Crippen molar-refractivity contribution in [2.45, 2.75) is 13.2 Å². The Kier molecular flexibility index (Phi) is 5.53. The van der Waals surface area contributed by atoms with Crippen LogP contribution in [0.15, 0.2) is 67.0 Å². The molecule has 0 aliphatic rings. The number of carbonyl (C=O) groups excluding carboxylic acids is 1. The SMILES string of the molecule is O=C(NCc1ccncc1)c1ccc(OCc2ccc(F)c(F)c2)cc1. The fourth-order valence-corrected chi connectivity index (χ4v) is 2.28. The van der Waals surface area contributed by atoms with Crippen molar-refractivity contribution in [1.82, 2.24) is 10.3 Å². The third kappa shape index (κ3) is 4.63. The van der Waals surface area contributed by atoms with Crippen LogP contribution in [0.25, 0.3) is 0 Å². The van der Waals surface area contributed by atoms with E-state index < -0.39 is 11.6 Å². The van der Waals surface area contributed by atoms with Gasteiger partial charge in [-0.1, -0.05) is 6.07 Å². The van der Waals surface area contributed by atoms with E-state index in [2.05, 4.69) is 10.3 Å². The van der Waals surface area contributed by atoms with Crippen molar-refractivity contribution in [2.75, 3.05) is 0 Å². The topological polar surface area (TPSA) is 51.2 Å². The number of amides is 1. The summed E-state index contributed by atoms with van der Waals surface area (Å²) in [6.45, 7) is 0.514. The van der Waals surface area contributed by atoms with E-state index >= 15 is 0 Å². The summed E-state index contributed by atoms with van der Waals surface area (Å²) in [7, 11) is 0. The average molecular weight is 354 g/mol. The summed E-state index contributed by atoms with van der Waals surface area (Å²) in [5.41, 5.74) is 1.97. The smallest absolute Gasteiger partial charge is 0.251 e. The molecule has 0 unspecified atom stereocenters. The van der Waals surface area contributed by atoms with Gasteiger partial charge in [-0.15, -0.1) is 0 Å². The van der Waals surface area contributed by atoms with Crippen molar-refractivity contribution >= 4 is 5.91 Å². The van der Waals surface area contributed by atoms with Crippen LogP contribution in [0, 0.1) is 11.6 Å². The van der Waals surface area contributed by atoms with Crippen molar-refractivity contribution in [3.8, 4) is 5.75 Å². The van der Waals surface area contributed by atoms with Crippen LogP contribution in [0.1, 0.15) is 21.5 Å². The first-order valence-electron chi connectivity index (χ1n) is 7.96. The predicted octanol–water partition coefficient (Wildman–Crippen LogP) is 3.87. The summed E-state index contributed by atoms with van der Waals surface area (Å²) in [4.78, 5) is 16.1. The Balaban J connectivity index is 1.54. The van der Waals surface area contributed by atoms with E-state index in [9.17, 15) is 13.6 Å². The molecular formula is C20H16F2N2O2. The van der Waals surface area contributed by atoms with Gasteiger partial charge in [0.25, 0.3) is 5.91 Å². The fourth-order valence-electron chi connectivity index (χ4n) is 2.28. The number of pyridine rings is 1. The van der Waals surface area contributed by atoms with Crippen LogP contribution >= 0.6 is 0 Å². The van der Waals surface area contributed by atoms with Gasteiger partial charge in [-0.2, -0.15) is 0 Å². The molecule has 4 nitrogen and oxygen atoms in total. The highest BCUT2D eigenvalue weighted by molar-refractivity contribution is 5.94. The van der Waals surface area contributed by atoms with Gasteiger partial charge in [0.1, 0.15) is 12.4 Å². The molecule has 3 rings (SSSR count). The first-order valence-corrected chi connectivity index (χ1v) is 7.96. The monoisotopic (exact) mass is 354 g/mol. The van der Waals surface area contributed by atoms with Crippen molar-refractivity contribution in [3.05, 3.63) is 95.3 Å². The zero-order valence-corrected chi connectivity index (χ0v) is 13.8. The lowest BCUT2D eigenvalue weighted by Gasteiger charge is -2.08. The number of rotatable bonds is 6. The third-order valence-electron chi connectivity index (χ3n) is 3.71. The first-order chi connectivity index (χ1) is 12.6. The number of nitrogens with zero attached hydrogens (tertiary/aromatic N) is 1. The van der Waals surface area contributed by atoms with Gasteiger partial charge in [-0.25, -0.2) is 8.78 Å². The van der Waals surface area contributed by atoms with Crippen LogP contribution in [0.2, 0.25) is 0 Å². The molecule has 0 aliphatic heterocycles. The van der Waals surface area contributed by atoms with Crippen LogP contribution in [0.5, 0.6) is 5.75 Å². The van der Waals surface area contributed by atoms with Gasteiger partial charge in [0.2, 0.25) is 0 Å². The van der Waals surface area contributed by atoms with Crippen molar-refractivity contribution < 1.29 is 18.3 Å². The predicted molar refractivity (Wildman–Crippen MR) is 92.5 cm³/mol. The lowest BCUT2D eigenvalue weighted by Crippen LogP contribution is -2.22. The molecular weight excluding hydrogens is 338 g/mol. The number of aromatic nitrogens is 1. The molecule has 0 spiro atoms. The van der Waals surface area contributed by atoms with E-state index in [1.165, 1.54) is 6.07 Å². The summed E-state index contributed by atoms with van der Waals surface area (Å²) >= 11 is 0. The molecule has 1 aromatic heterocycles. The molecule has 132 valence electrons. The quantitative estimate of drug-likeness (QED) is 0.731. The van der Waals surface area contributed by atoms with E-state index in [4.69, 9.17) is 4.74 Å². The average Bonchev–Trinajstić information content (AvgIpc) is 2.68. The van der Waals surface area contributed by atoms with Crippen molar-refractivity contribution in [2.24, 2.45) is 0 Å². The van der Waals surface area contributed by atoms with Crippen LogP contribution in [-0.4, -0.2) is 10.9 Å². The largest absolute Gasteiger partial charge is 0.489 e. The van der Waals surface area contributed by atoms with E-state index in [0.717, 1.165) is 17.7 Å². The molecule has 1 amide bonds. The highest BCUT2D eigenvalue weighted by Crippen LogP contribution is 2.16. The number of nitrogens with one attached hydrogen (secondary N) is 1. The molecule has 0 bridgehead atoms. The maximum Gasteiger partial charge on any atom is 0.251 e. The second-order valence-corrected chi connectivity index (χ2v) is 5.60. The molecule has 3 aromatic rings. The summed E-state index contributed by atoms with van der Waals surface area (Å²) < 4.78 is 31.6. The lowest BCUT2D eigenvalue weighted by molar-refractivity contribution is 0.0951. The summed E-state index contributed by atoms with van der Waals surface area (Å²) in [6, 6.07) is 13.9. The fraction of sp³-hybridized carbons (Fsp3) is 0.100. The number of benzene rings is 2. The van der Waals surface area contributed by atoms with Gasteiger partial charge in [0.15, 0.2) is 11.6 Å². The minimum absolute atomic E-state index is 0.102. The van der Waals surface area contributed by atoms with E-state index in [-0.39, 0.29) is 12.5 Å². The van der Waals surface area contributed by atoms with Gasteiger partial charge in [0.05, 0.1) is 0 Å². The Bertz CT molecular complexity index is 884. The van der Waals surface area contributed by atoms with Crippen molar-refractivity contribution in [3.63, 3.8) is 0 Å². The molecule has 0 atom stereocenters. The van der Waals surface area contributed by atoms with Crippen molar-refractivity contribution in [1.29, 1.82) is 0 Å². The van der Waals surface area contributed by atoms with Gasteiger partial charge >= 0.3 is 0 Å². The standard InChI is InChI=1S/C20H16F2N2O2/c21-18-6-1-15(11-19(18)22)13-26-17-4-2-16(3-5-17)20(25)24-12-14-7-9-23-10-8-14/h1-11H,12-13H2,(H,24,25). The third-order valence-corrected chi connectivity index (χ3v) is 3.71. The number of carbonyl (C=O) groups is 1. The second kappa shape index (κ2) is 8.20. The van der Waals surface area contributed by atoms with E-state index in [0.29, 0.717) is 23.4 Å². The van der Waals surface area contributed by atoms with Gasteiger partial charge < -0.3 is 10.1 Å². The Morgan fingerprint density at radius 3 is 2.35 bits per heavy atom. The van der Waals surface area contributed by atoms with Gasteiger partial charge in [-0.3, -0.25) is 9.78 Å². The summed E-state index contributed by atoms with van der Waals surface area (Å²) in [6.07, 6.45) is 3.33. The molecule has 1 N–H and O–H groups in total. The number of ether oxygens (including phenoxy) is 1. The summed E-state index contributed by atoms with van der Waals surface area (Å²) in [5.74, 6) is -1.47. The highest BCUT2D eigenvalue weighted by Gasteiger charge is 2.07. The summed E-state index contributed by atoms with van der Waals surface area (Å²) in [5, 5.41) is 2.82. The molecule has 6 heteroatoms. The minimum Gasteiger partial charge on any atom is -0.489 e. The maximum absolute atomic E-state index is 13.2. The minimum atomic E-state index is -0.910. The van der Waals surface area contributed by atoms with Crippen LogP contribution in [0.3, 0.4) is 0 Å². The molecule has 1 heterocycles. The zero-order chi connectivity index (χ0) is 18.4. The molecule has 26 heavy (non-hydrogen) atoms. The lowest BCUT2D eigenvalue weighted by atomic mass is 10.2. The Labute approximate surface area is 149 Å². The molecule has 0 fully saturated rings. The Morgan fingerprint density at radius 2 is 1.65 bits per heavy atom. The second-order valence-electron chi connectivity index (χ2n) is 5.60. The maximum atomic E-state index is 13.2. The number of halogens is 2. The van der Waals surface area contributed by atoms with Crippen LogP contribution < -0.4 is 10.1 Å². The van der Waals surface area contributed by atoms with Crippen LogP contribution in [0.4, 0.5) is 8.78 Å². The highest BCUT2D eigenvalue weighted by atomic mass is 19.2. The van der Waals surface area contributed by atoms with Crippen LogP contribution in [-0.2, 0) is 13.2 Å². The molecule has 0 saturated heterocycles. The van der Waals surface area contributed by atoms with Gasteiger partial charge in [0, 0.05) is 24.5 Å². The number of hydrogen-bond acceptors (Lipinski definition) is 3. The Morgan fingerprint density at radius 1 is 0.923 bits per heavy atom.